The van der Waals surface area contributed by atoms with Crippen LogP contribution in [-0.4, -0.2) is 44.9 Å². The fraction of sp³-hybridized carbons (Fsp3) is 0.312. The van der Waals surface area contributed by atoms with Gasteiger partial charge in [-0.25, -0.2) is 9.97 Å². The zero-order valence-electron chi connectivity index (χ0n) is 13.2. The molecule has 25 heavy (non-hydrogen) atoms. The third kappa shape index (κ3) is 4.21. The lowest BCUT2D eigenvalue weighted by atomic mass is 10.1. The molecule has 1 amide bonds. The molecular weight excluding hydrogens is 348 g/mol. The SMILES string of the molecule is O=C(c1cccc([N+](=O)[O-])c1)N1CCCC(Oc2ncc(Cl)cn2)C1. The predicted octanol–water partition coefficient (Wildman–Crippen LogP) is 2.72. The van der Waals surface area contributed by atoms with Crippen LogP contribution in [0.1, 0.15) is 23.2 Å². The van der Waals surface area contributed by atoms with Crippen LogP contribution in [0.4, 0.5) is 5.69 Å². The number of carbonyl (C=O) groups excluding carboxylic acids is 1. The number of halogens is 1. The summed E-state index contributed by atoms with van der Waals surface area (Å²) >= 11 is 5.74. The predicted molar refractivity (Wildman–Crippen MR) is 89.7 cm³/mol. The Morgan fingerprint density at radius 2 is 2.12 bits per heavy atom. The number of piperidine rings is 1. The molecule has 0 radical (unpaired) electrons. The smallest absolute Gasteiger partial charge is 0.316 e. The molecule has 1 aliphatic rings. The molecule has 2 heterocycles. The number of benzene rings is 1. The van der Waals surface area contributed by atoms with Crippen LogP contribution >= 0.6 is 11.6 Å². The van der Waals surface area contributed by atoms with E-state index in [2.05, 4.69) is 9.97 Å². The molecular formula is C16H15ClN4O4. The highest BCUT2D eigenvalue weighted by Crippen LogP contribution is 2.20. The Labute approximate surface area is 148 Å². The van der Waals surface area contributed by atoms with Gasteiger partial charge >= 0.3 is 6.01 Å². The van der Waals surface area contributed by atoms with Gasteiger partial charge in [0.05, 0.1) is 28.9 Å². The normalized spacial score (nSPS) is 17.2. The van der Waals surface area contributed by atoms with Gasteiger partial charge in [-0.2, -0.15) is 0 Å². The lowest BCUT2D eigenvalue weighted by molar-refractivity contribution is -0.384. The molecule has 9 heteroatoms. The number of carbonyl (C=O) groups is 1. The van der Waals surface area contributed by atoms with E-state index in [9.17, 15) is 14.9 Å². The molecule has 1 fully saturated rings. The van der Waals surface area contributed by atoms with Crippen LogP contribution in [0.15, 0.2) is 36.7 Å². The molecule has 0 spiro atoms. The number of rotatable bonds is 4. The van der Waals surface area contributed by atoms with Gasteiger partial charge in [0.1, 0.15) is 6.10 Å². The molecule has 0 aliphatic carbocycles. The molecule has 1 unspecified atom stereocenters. The molecule has 0 N–H and O–H groups in total. The molecule has 1 saturated heterocycles. The van der Waals surface area contributed by atoms with E-state index in [1.54, 1.807) is 11.0 Å². The van der Waals surface area contributed by atoms with Gasteiger partial charge in [0.25, 0.3) is 11.6 Å². The third-order valence-electron chi connectivity index (χ3n) is 3.84. The fourth-order valence-corrected chi connectivity index (χ4v) is 2.76. The number of likely N-dealkylation sites (tertiary alicyclic amines) is 1. The Bertz CT molecular complexity index is 784. The van der Waals surface area contributed by atoms with E-state index in [0.717, 1.165) is 12.8 Å². The molecule has 1 aromatic carbocycles. The van der Waals surface area contributed by atoms with E-state index in [0.29, 0.717) is 18.1 Å². The van der Waals surface area contributed by atoms with E-state index in [4.69, 9.17) is 16.3 Å². The summed E-state index contributed by atoms with van der Waals surface area (Å²) in [5.74, 6) is -0.256. The van der Waals surface area contributed by atoms with Gasteiger partial charge in [-0.1, -0.05) is 17.7 Å². The van der Waals surface area contributed by atoms with Crippen LogP contribution in [0, 0.1) is 10.1 Å². The Balaban J connectivity index is 1.68. The molecule has 2 aromatic rings. The number of nitro groups is 1. The highest BCUT2D eigenvalue weighted by molar-refractivity contribution is 6.30. The molecule has 0 saturated carbocycles. The Kier molecular flexibility index (Phi) is 5.08. The maximum atomic E-state index is 12.6. The van der Waals surface area contributed by atoms with E-state index < -0.39 is 4.92 Å². The third-order valence-corrected chi connectivity index (χ3v) is 4.03. The van der Waals surface area contributed by atoms with Crippen molar-refractivity contribution in [3.05, 3.63) is 57.4 Å². The average molecular weight is 363 g/mol. The molecule has 3 rings (SSSR count). The minimum absolute atomic E-state index is 0.106. The van der Waals surface area contributed by atoms with Crippen LogP contribution in [0.25, 0.3) is 0 Å². The molecule has 8 nitrogen and oxygen atoms in total. The zero-order chi connectivity index (χ0) is 17.8. The van der Waals surface area contributed by atoms with Crippen LogP contribution in [0.3, 0.4) is 0 Å². The number of nitro benzene ring substituents is 1. The van der Waals surface area contributed by atoms with Crippen LogP contribution in [0.5, 0.6) is 6.01 Å². The van der Waals surface area contributed by atoms with E-state index in [1.165, 1.54) is 30.6 Å². The number of non-ortho nitro benzene ring substituents is 1. The van der Waals surface area contributed by atoms with Gasteiger partial charge in [-0.3, -0.25) is 14.9 Å². The number of nitrogens with zero attached hydrogens (tertiary/aromatic N) is 4. The van der Waals surface area contributed by atoms with Crippen molar-refractivity contribution in [1.29, 1.82) is 0 Å². The standard InChI is InChI=1S/C16H15ClN4O4/c17-12-8-18-16(19-9-12)25-14-5-2-6-20(10-14)15(22)11-3-1-4-13(7-11)21(23)24/h1,3-4,7-9,14H,2,5-6,10H2. The van der Waals surface area contributed by atoms with Crippen molar-refractivity contribution in [2.24, 2.45) is 0 Å². The Hall–Kier alpha value is -2.74. The van der Waals surface area contributed by atoms with Gasteiger partial charge in [0.2, 0.25) is 0 Å². The molecule has 1 atom stereocenters. The second-order valence-electron chi connectivity index (χ2n) is 5.62. The molecule has 130 valence electrons. The first-order valence-electron chi connectivity index (χ1n) is 7.71. The summed E-state index contributed by atoms with van der Waals surface area (Å²) in [7, 11) is 0. The summed E-state index contributed by atoms with van der Waals surface area (Å²) in [6.45, 7) is 0.941. The van der Waals surface area contributed by atoms with Crippen molar-refractivity contribution in [3.63, 3.8) is 0 Å². The van der Waals surface area contributed by atoms with Crippen LogP contribution in [-0.2, 0) is 0 Å². The second-order valence-corrected chi connectivity index (χ2v) is 6.06. The number of amides is 1. The quantitative estimate of drug-likeness (QED) is 0.612. The fourth-order valence-electron chi connectivity index (χ4n) is 2.66. The lowest BCUT2D eigenvalue weighted by Gasteiger charge is -2.32. The van der Waals surface area contributed by atoms with Crippen molar-refractivity contribution < 1.29 is 14.5 Å². The number of hydrogen-bond acceptors (Lipinski definition) is 6. The van der Waals surface area contributed by atoms with Gasteiger partial charge in [-0.05, 0) is 18.9 Å². The van der Waals surface area contributed by atoms with Crippen molar-refractivity contribution >= 4 is 23.2 Å². The zero-order valence-corrected chi connectivity index (χ0v) is 13.9. The van der Waals surface area contributed by atoms with Crippen molar-refractivity contribution in [3.8, 4) is 6.01 Å². The number of ether oxygens (including phenoxy) is 1. The molecule has 1 aromatic heterocycles. The van der Waals surface area contributed by atoms with E-state index in [1.807, 2.05) is 0 Å². The average Bonchev–Trinajstić information content (AvgIpc) is 2.63. The van der Waals surface area contributed by atoms with Gasteiger partial charge in [0, 0.05) is 24.2 Å². The van der Waals surface area contributed by atoms with Gasteiger partial charge in [-0.15, -0.1) is 0 Å². The number of aromatic nitrogens is 2. The maximum Gasteiger partial charge on any atom is 0.316 e. The first-order valence-corrected chi connectivity index (χ1v) is 8.08. The van der Waals surface area contributed by atoms with E-state index in [-0.39, 0.29) is 29.3 Å². The van der Waals surface area contributed by atoms with Crippen LogP contribution in [0.2, 0.25) is 5.02 Å². The maximum absolute atomic E-state index is 12.6. The Morgan fingerprint density at radius 3 is 2.84 bits per heavy atom. The monoisotopic (exact) mass is 362 g/mol. The van der Waals surface area contributed by atoms with E-state index >= 15 is 0 Å². The topological polar surface area (TPSA) is 98.5 Å². The highest BCUT2D eigenvalue weighted by atomic mass is 35.5. The van der Waals surface area contributed by atoms with Crippen molar-refractivity contribution in [2.45, 2.75) is 18.9 Å². The summed E-state index contributed by atoms with van der Waals surface area (Å²) in [6, 6.07) is 5.93. The molecule has 0 bridgehead atoms. The minimum Gasteiger partial charge on any atom is -0.458 e. The highest BCUT2D eigenvalue weighted by Gasteiger charge is 2.27. The second kappa shape index (κ2) is 7.43. The summed E-state index contributed by atoms with van der Waals surface area (Å²) in [5, 5.41) is 11.3. The molecule has 1 aliphatic heterocycles. The first-order chi connectivity index (χ1) is 12.0. The summed E-state index contributed by atoms with van der Waals surface area (Å²) in [5.41, 5.74) is 0.183. The van der Waals surface area contributed by atoms with Crippen molar-refractivity contribution in [1.82, 2.24) is 14.9 Å². The van der Waals surface area contributed by atoms with Crippen LogP contribution < -0.4 is 4.74 Å². The Morgan fingerprint density at radius 1 is 1.36 bits per heavy atom. The summed E-state index contributed by atoms with van der Waals surface area (Å²) in [4.78, 5) is 32.6. The largest absolute Gasteiger partial charge is 0.458 e. The lowest BCUT2D eigenvalue weighted by Crippen LogP contribution is -2.44. The van der Waals surface area contributed by atoms with Gasteiger partial charge < -0.3 is 9.64 Å². The summed E-state index contributed by atoms with van der Waals surface area (Å²) < 4.78 is 5.71. The minimum atomic E-state index is -0.517. The number of hydrogen-bond donors (Lipinski definition) is 0. The van der Waals surface area contributed by atoms with Crippen molar-refractivity contribution in [2.75, 3.05) is 13.1 Å². The van der Waals surface area contributed by atoms with Gasteiger partial charge in [0.15, 0.2) is 0 Å². The summed E-state index contributed by atoms with van der Waals surface area (Å²) in [6.07, 6.45) is 4.18. The first kappa shape index (κ1) is 17.1.